The van der Waals surface area contributed by atoms with Gasteiger partial charge in [0, 0.05) is 18.6 Å². The number of benzene rings is 3. The summed E-state index contributed by atoms with van der Waals surface area (Å²) in [6.07, 6.45) is 0. The van der Waals surface area contributed by atoms with Crippen molar-refractivity contribution in [3.05, 3.63) is 94.5 Å². The third-order valence-electron chi connectivity index (χ3n) is 5.07. The van der Waals surface area contributed by atoms with Gasteiger partial charge in [-0.2, -0.15) is 0 Å². The first kappa shape index (κ1) is 18.5. The molecule has 0 fully saturated rings. The summed E-state index contributed by atoms with van der Waals surface area (Å²) < 4.78 is 5.22. The summed E-state index contributed by atoms with van der Waals surface area (Å²) in [5.74, 6) is 0.453. The van der Waals surface area contributed by atoms with Gasteiger partial charge in [-0.3, -0.25) is 4.79 Å². The Morgan fingerprint density at radius 2 is 1.75 bits per heavy atom. The molecular weight excluding hydrogens is 372 g/mol. The molecule has 142 valence electrons. The minimum absolute atomic E-state index is 0.0412. The van der Waals surface area contributed by atoms with Crippen LogP contribution in [0.2, 0.25) is 5.02 Å². The van der Waals surface area contributed by atoms with Gasteiger partial charge in [0.25, 0.3) is 5.91 Å². The number of nitrogens with zero attached hydrogens (tertiary/aromatic N) is 2. The van der Waals surface area contributed by atoms with Crippen LogP contribution in [0.15, 0.2) is 72.8 Å². The number of carbonyl (C=O) groups is 1. The fraction of sp³-hybridized carbons (Fsp3) is 0.174. The number of hydrazine groups is 1. The largest absolute Gasteiger partial charge is 0.497 e. The van der Waals surface area contributed by atoms with Gasteiger partial charge in [0.15, 0.2) is 0 Å². The number of hydrogen-bond acceptors (Lipinski definition) is 3. The summed E-state index contributed by atoms with van der Waals surface area (Å²) in [5, 5.41) is 4.29. The molecule has 0 aliphatic carbocycles. The highest BCUT2D eigenvalue weighted by Gasteiger charge is 2.40. The molecule has 4 rings (SSSR count). The number of fused-ring (bicyclic) bond motifs is 1. The molecule has 3 aromatic rings. The van der Waals surface area contributed by atoms with Crippen molar-refractivity contribution in [2.45, 2.75) is 12.5 Å². The van der Waals surface area contributed by atoms with Crippen LogP contribution in [0.25, 0.3) is 0 Å². The smallest absolute Gasteiger partial charge is 0.253 e. The van der Waals surface area contributed by atoms with E-state index in [4.69, 9.17) is 16.3 Å². The van der Waals surface area contributed by atoms with Crippen molar-refractivity contribution in [2.24, 2.45) is 0 Å². The first-order chi connectivity index (χ1) is 13.6. The van der Waals surface area contributed by atoms with Crippen molar-refractivity contribution >= 4 is 23.2 Å². The molecule has 0 radical (unpaired) electrons. The van der Waals surface area contributed by atoms with E-state index in [2.05, 4.69) is 0 Å². The Morgan fingerprint density at radius 3 is 2.46 bits per heavy atom. The van der Waals surface area contributed by atoms with Crippen LogP contribution in [-0.2, 0) is 11.3 Å². The fourth-order valence-corrected chi connectivity index (χ4v) is 3.95. The maximum absolute atomic E-state index is 13.4. The van der Waals surface area contributed by atoms with E-state index in [-0.39, 0.29) is 11.8 Å². The zero-order valence-electron chi connectivity index (χ0n) is 15.8. The van der Waals surface area contributed by atoms with Crippen molar-refractivity contribution in [2.75, 3.05) is 19.2 Å². The average molecular weight is 393 g/mol. The van der Waals surface area contributed by atoms with E-state index in [1.165, 1.54) is 0 Å². The van der Waals surface area contributed by atoms with Gasteiger partial charge in [-0.1, -0.05) is 66.2 Å². The summed E-state index contributed by atoms with van der Waals surface area (Å²) in [6, 6.07) is 23.5. The van der Waals surface area contributed by atoms with E-state index < -0.39 is 0 Å². The first-order valence-corrected chi connectivity index (χ1v) is 9.49. The molecule has 0 spiro atoms. The van der Waals surface area contributed by atoms with Gasteiger partial charge in [0.1, 0.15) is 5.75 Å². The van der Waals surface area contributed by atoms with Crippen LogP contribution < -0.4 is 9.75 Å². The van der Waals surface area contributed by atoms with Gasteiger partial charge in [-0.15, -0.1) is 0 Å². The first-order valence-electron chi connectivity index (χ1n) is 9.11. The van der Waals surface area contributed by atoms with Crippen molar-refractivity contribution < 1.29 is 9.53 Å². The van der Waals surface area contributed by atoms with Gasteiger partial charge in [-0.05, 0) is 34.9 Å². The third-order valence-corrected chi connectivity index (χ3v) is 5.42. The predicted octanol–water partition coefficient (Wildman–Crippen LogP) is 4.87. The summed E-state index contributed by atoms with van der Waals surface area (Å²) in [5.41, 5.74) is 3.86. The molecule has 4 nitrogen and oxygen atoms in total. The molecule has 1 amide bonds. The maximum atomic E-state index is 13.4. The highest BCUT2D eigenvalue weighted by molar-refractivity contribution is 6.31. The molecule has 28 heavy (non-hydrogen) atoms. The molecular formula is C23H21ClN2O2. The molecule has 1 unspecified atom stereocenters. The summed E-state index contributed by atoms with van der Waals surface area (Å²) in [7, 11) is 3.52. The van der Waals surface area contributed by atoms with E-state index in [0.717, 1.165) is 22.4 Å². The molecule has 0 aromatic heterocycles. The Balaban J connectivity index is 1.67. The molecule has 1 aliphatic heterocycles. The molecule has 5 heteroatoms. The van der Waals surface area contributed by atoms with Crippen LogP contribution in [0.1, 0.15) is 22.6 Å². The lowest BCUT2D eigenvalue weighted by Crippen LogP contribution is -2.42. The quantitative estimate of drug-likeness (QED) is 0.620. The topological polar surface area (TPSA) is 32.8 Å². The Morgan fingerprint density at radius 1 is 1.04 bits per heavy atom. The lowest BCUT2D eigenvalue weighted by atomic mass is 9.93. The number of amides is 1. The fourth-order valence-electron chi connectivity index (χ4n) is 3.72. The zero-order chi connectivity index (χ0) is 19.7. The summed E-state index contributed by atoms with van der Waals surface area (Å²) in [4.78, 5) is 13.4. The average Bonchev–Trinajstić information content (AvgIpc) is 3.02. The van der Waals surface area contributed by atoms with E-state index in [1.54, 1.807) is 18.2 Å². The Bertz CT molecular complexity index is 1010. The van der Waals surface area contributed by atoms with Crippen LogP contribution in [0.3, 0.4) is 0 Å². The molecule has 1 heterocycles. The molecule has 1 aliphatic rings. The maximum Gasteiger partial charge on any atom is 0.253 e. The van der Waals surface area contributed by atoms with Gasteiger partial charge >= 0.3 is 0 Å². The van der Waals surface area contributed by atoms with E-state index in [1.807, 2.05) is 78.8 Å². The minimum atomic E-state index is -0.300. The lowest BCUT2D eigenvalue weighted by molar-refractivity contribution is -0.121. The second-order valence-corrected chi connectivity index (χ2v) is 7.23. The van der Waals surface area contributed by atoms with E-state index in [9.17, 15) is 4.79 Å². The highest BCUT2D eigenvalue weighted by atomic mass is 35.5. The monoisotopic (exact) mass is 392 g/mol. The highest BCUT2D eigenvalue weighted by Crippen LogP contribution is 2.42. The number of rotatable bonds is 5. The van der Waals surface area contributed by atoms with Crippen LogP contribution in [0.4, 0.5) is 5.69 Å². The number of carbonyl (C=O) groups excluding carboxylic acids is 1. The van der Waals surface area contributed by atoms with Crippen LogP contribution in [0.5, 0.6) is 5.75 Å². The zero-order valence-corrected chi connectivity index (χ0v) is 16.6. The second kappa shape index (κ2) is 7.66. The molecule has 0 bridgehead atoms. The van der Waals surface area contributed by atoms with Gasteiger partial charge in [-0.25, -0.2) is 10.0 Å². The van der Waals surface area contributed by atoms with Crippen LogP contribution in [-0.4, -0.2) is 25.1 Å². The van der Waals surface area contributed by atoms with Crippen molar-refractivity contribution in [1.29, 1.82) is 0 Å². The third kappa shape index (κ3) is 3.26. The summed E-state index contributed by atoms with van der Waals surface area (Å²) in [6.45, 7) is 0.504. The minimum Gasteiger partial charge on any atom is -0.497 e. The number of para-hydroxylation sites is 1. The van der Waals surface area contributed by atoms with Crippen molar-refractivity contribution in [1.82, 2.24) is 5.01 Å². The van der Waals surface area contributed by atoms with Crippen LogP contribution in [0, 0.1) is 0 Å². The second-order valence-electron chi connectivity index (χ2n) is 6.83. The Labute approximate surface area is 169 Å². The predicted molar refractivity (Wildman–Crippen MR) is 112 cm³/mol. The standard InChI is InChI=1S/C23H21ClN2O2/c1-25(15-17-12-13-18(28-2)14-20(17)24)26-21-11-7-6-10-19(21)22(23(26)27)16-8-4-3-5-9-16/h3-14,22H,15H2,1-2H3. The molecule has 0 saturated heterocycles. The van der Waals surface area contributed by atoms with Gasteiger partial charge in [0.2, 0.25) is 0 Å². The molecule has 3 aromatic carbocycles. The summed E-state index contributed by atoms with van der Waals surface area (Å²) >= 11 is 6.41. The normalized spacial score (nSPS) is 15.8. The Kier molecular flexibility index (Phi) is 5.07. The number of halogens is 1. The molecule has 0 N–H and O–H groups in total. The van der Waals surface area contributed by atoms with Crippen LogP contribution >= 0.6 is 11.6 Å². The van der Waals surface area contributed by atoms with Crippen molar-refractivity contribution in [3.8, 4) is 5.75 Å². The molecule has 1 atom stereocenters. The van der Waals surface area contributed by atoms with E-state index >= 15 is 0 Å². The van der Waals surface area contributed by atoms with Crippen molar-refractivity contribution in [3.63, 3.8) is 0 Å². The number of hydrogen-bond donors (Lipinski definition) is 0. The Hall–Kier alpha value is -2.82. The van der Waals surface area contributed by atoms with Gasteiger partial charge < -0.3 is 4.74 Å². The van der Waals surface area contributed by atoms with Gasteiger partial charge in [0.05, 0.1) is 18.7 Å². The SMILES string of the molecule is COc1ccc(CN(C)N2C(=O)C(c3ccccc3)c3ccccc32)c(Cl)c1. The number of methoxy groups -OCH3 is 1. The number of anilines is 1. The molecule has 0 saturated carbocycles. The number of ether oxygens (including phenoxy) is 1. The van der Waals surface area contributed by atoms with E-state index in [0.29, 0.717) is 17.3 Å². The lowest BCUT2D eigenvalue weighted by Gasteiger charge is -2.29.